The molecule has 0 fully saturated rings. The molecule has 0 aliphatic heterocycles. The maximum Gasteiger partial charge on any atom is 0.271 e. The van der Waals surface area contributed by atoms with Crippen LogP contribution >= 0.6 is 0 Å². The molecule has 32 heavy (non-hydrogen) atoms. The van der Waals surface area contributed by atoms with Crippen molar-refractivity contribution in [2.45, 2.75) is 12.3 Å². The Labute approximate surface area is 186 Å². The highest BCUT2D eigenvalue weighted by molar-refractivity contribution is 5.77. The number of hydrogen-bond donors (Lipinski definition) is 4. The first kappa shape index (κ1) is 22.8. The molecule has 2 amide bonds. The van der Waals surface area contributed by atoms with Gasteiger partial charge in [0.2, 0.25) is 0 Å². The van der Waals surface area contributed by atoms with Crippen LogP contribution in [0.15, 0.2) is 78.9 Å². The number of hydrazine groups is 2. The lowest BCUT2D eigenvalue weighted by atomic mass is 9.71. The van der Waals surface area contributed by atoms with Gasteiger partial charge in [0.15, 0.2) is 13.2 Å². The summed E-state index contributed by atoms with van der Waals surface area (Å²) in [5, 5.41) is 0. The Morgan fingerprint density at radius 2 is 1.06 bits per heavy atom. The van der Waals surface area contributed by atoms with Gasteiger partial charge in [-0.25, -0.2) is 11.7 Å². The van der Waals surface area contributed by atoms with Gasteiger partial charge in [0.25, 0.3) is 11.8 Å². The molecular weight excluding hydrogens is 408 g/mol. The van der Waals surface area contributed by atoms with Gasteiger partial charge in [-0.05, 0) is 47.9 Å². The maximum absolute atomic E-state index is 11.3. The van der Waals surface area contributed by atoms with E-state index in [-0.39, 0.29) is 13.2 Å². The Bertz CT molecular complexity index is 974. The van der Waals surface area contributed by atoms with Crippen molar-refractivity contribution in [2.24, 2.45) is 11.7 Å². The van der Waals surface area contributed by atoms with Crippen LogP contribution in [0.1, 0.15) is 23.6 Å². The van der Waals surface area contributed by atoms with E-state index in [0.29, 0.717) is 11.5 Å². The van der Waals surface area contributed by atoms with E-state index in [4.69, 9.17) is 21.2 Å². The van der Waals surface area contributed by atoms with E-state index in [1.54, 1.807) is 0 Å². The molecule has 6 N–H and O–H groups in total. The molecule has 3 aromatic rings. The molecule has 3 rings (SSSR count). The van der Waals surface area contributed by atoms with Gasteiger partial charge in [-0.3, -0.25) is 20.4 Å². The smallest absolute Gasteiger partial charge is 0.271 e. The predicted octanol–water partition coefficient (Wildman–Crippen LogP) is 1.78. The van der Waals surface area contributed by atoms with E-state index in [9.17, 15) is 9.59 Å². The Kier molecular flexibility index (Phi) is 7.43. The van der Waals surface area contributed by atoms with E-state index in [2.05, 4.69) is 19.1 Å². The average Bonchev–Trinajstić information content (AvgIpc) is 2.86. The normalized spacial score (nSPS) is 10.8. The van der Waals surface area contributed by atoms with Gasteiger partial charge in [-0.1, -0.05) is 54.6 Å². The monoisotopic (exact) mass is 434 g/mol. The molecule has 0 spiro atoms. The largest absolute Gasteiger partial charge is 0.484 e. The topological polar surface area (TPSA) is 129 Å². The van der Waals surface area contributed by atoms with Gasteiger partial charge >= 0.3 is 0 Å². The molecule has 0 unspecified atom stereocenters. The van der Waals surface area contributed by atoms with E-state index in [1.165, 1.54) is 0 Å². The Morgan fingerprint density at radius 1 is 0.688 bits per heavy atom. The first-order valence-electron chi connectivity index (χ1n) is 9.98. The molecule has 0 aliphatic carbocycles. The number of carbonyl (C=O) groups is 2. The van der Waals surface area contributed by atoms with Crippen molar-refractivity contribution < 1.29 is 19.1 Å². The van der Waals surface area contributed by atoms with Crippen LogP contribution in [0.5, 0.6) is 11.5 Å². The molecule has 3 aromatic carbocycles. The van der Waals surface area contributed by atoms with Crippen molar-refractivity contribution in [2.75, 3.05) is 13.2 Å². The summed E-state index contributed by atoms with van der Waals surface area (Å²) in [6, 6.07) is 25.3. The molecule has 166 valence electrons. The lowest BCUT2D eigenvalue weighted by Crippen LogP contribution is -2.34. The molecule has 0 saturated carbocycles. The van der Waals surface area contributed by atoms with E-state index < -0.39 is 17.2 Å². The van der Waals surface area contributed by atoms with Crippen molar-refractivity contribution in [3.63, 3.8) is 0 Å². The molecular formula is C24H26N4O4. The van der Waals surface area contributed by atoms with Crippen LogP contribution in [0.25, 0.3) is 0 Å². The fraction of sp³-hybridized carbons (Fsp3) is 0.167. The summed E-state index contributed by atoms with van der Waals surface area (Å²) in [7, 11) is 0. The molecule has 8 nitrogen and oxygen atoms in total. The van der Waals surface area contributed by atoms with Crippen LogP contribution in [0.3, 0.4) is 0 Å². The zero-order valence-electron chi connectivity index (χ0n) is 17.7. The summed E-state index contributed by atoms with van der Waals surface area (Å²) in [5.74, 6) is 10.5. The fourth-order valence-corrected chi connectivity index (χ4v) is 3.42. The zero-order valence-corrected chi connectivity index (χ0v) is 17.7. The quantitative estimate of drug-likeness (QED) is 0.176. The van der Waals surface area contributed by atoms with E-state index in [1.807, 2.05) is 77.6 Å². The van der Waals surface area contributed by atoms with Gasteiger partial charge in [0, 0.05) is 5.41 Å². The summed E-state index contributed by atoms with van der Waals surface area (Å²) in [5.41, 5.74) is 6.78. The molecule has 0 aromatic heterocycles. The number of nitrogens with one attached hydrogen (secondary N) is 2. The molecule has 0 bridgehead atoms. The van der Waals surface area contributed by atoms with Gasteiger partial charge in [0.05, 0.1) is 0 Å². The van der Waals surface area contributed by atoms with Crippen molar-refractivity contribution in [3.05, 3.63) is 95.6 Å². The molecule has 0 atom stereocenters. The van der Waals surface area contributed by atoms with Crippen LogP contribution in [0.4, 0.5) is 0 Å². The zero-order chi connectivity index (χ0) is 23.0. The van der Waals surface area contributed by atoms with Gasteiger partial charge in [-0.15, -0.1) is 0 Å². The highest BCUT2D eigenvalue weighted by atomic mass is 16.5. The molecule has 0 radical (unpaired) electrons. The molecule has 0 heterocycles. The molecule has 0 saturated heterocycles. The molecule has 8 heteroatoms. The second-order valence-corrected chi connectivity index (χ2v) is 7.25. The number of ether oxygens (including phenoxy) is 2. The first-order chi connectivity index (χ1) is 15.5. The van der Waals surface area contributed by atoms with Crippen LogP contribution in [-0.4, -0.2) is 25.0 Å². The number of nitrogens with two attached hydrogens (primary N) is 2. The number of hydrogen-bond acceptors (Lipinski definition) is 6. The van der Waals surface area contributed by atoms with Crippen LogP contribution < -0.4 is 32.0 Å². The Hall–Kier alpha value is -3.88. The SMILES string of the molecule is CC(c1ccccc1)(c1ccc(OCC(=O)NN)cc1)c1ccc(OCC(=O)NN)cc1. The Balaban J connectivity index is 1.91. The lowest BCUT2D eigenvalue weighted by molar-refractivity contribution is -0.123. The van der Waals surface area contributed by atoms with Crippen LogP contribution in [0.2, 0.25) is 0 Å². The van der Waals surface area contributed by atoms with Crippen LogP contribution in [0, 0.1) is 0 Å². The third-order valence-electron chi connectivity index (χ3n) is 5.28. The van der Waals surface area contributed by atoms with Gasteiger partial charge < -0.3 is 9.47 Å². The van der Waals surface area contributed by atoms with Gasteiger partial charge in [-0.2, -0.15) is 0 Å². The minimum Gasteiger partial charge on any atom is -0.484 e. The first-order valence-corrected chi connectivity index (χ1v) is 9.98. The minimum absolute atomic E-state index is 0.157. The predicted molar refractivity (Wildman–Crippen MR) is 121 cm³/mol. The van der Waals surface area contributed by atoms with E-state index >= 15 is 0 Å². The summed E-state index contributed by atoms with van der Waals surface area (Å²) in [4.78, 5) is 22.6. The van der Waals surface area contributed by atoms with Crippen molar-refractivity contribution >= 4 is 11.8 Å². The van der Waals surface area contributed by atoms with Crippen molar-refractivity contribution in [3.8, 4) is 11.5 Å². The molecule has 0 aliphatic rings. The maximum atomic E-state index is 11.3. The lowest BCUT2D eigenvalue weighted by Gasteiger charge is -2.32. The van der Waals surface area contributed by atoms with E-state index in [0.717, 1.165) is 16.7 Å². The number of carbonyl (C=O) groups excluding carboxylic acids is 2. The second-order valence-electron chi connectivity index (χ2n) is 7.25. The summed E-state index contributed by atoms with van der Waals surface area (Å²) in [6.45, 7) is 1.82. The third-order valence-corrected chi connectivity index (χ3v) is 5.28. The third kappa shape index (κ3) is 5.23. The average molecular weight is 434 g/mol. The highest BCUT2D eigenvalue weighted by Gasteiger charge is 2.31. The number of benzene rings is 3. The van der Waals surface area contributed by atoms with Crippen molar-refractivity contribution in [1.29, 1.82) is 0 Å². The summed E-state index contributed by atoms with van der Waals surface area (Å²) >= 11 is 0. The highest BCUT2D eigenvalue weighted by Crippen LogP contribution is 2.39. The standard InChI is InChI=1S/C24H26N4O4/c1-24(17-5-3-2-4-6-17,18-7-11-20(12-8-18)31-15-22(29)27-25)19-9-13-21(14-10-19)32-16-23(30)28-26/h2-14H,15-16,25-26H2,1H3,(H,27,29)(H,28,30). The van der Waals surface area contributed by atoms with Gasteiger partial charge in [0.1, 0.15) is 11.5 Å². The minimum atomic E-state index is -0.471. The fourth-order valence-electron chi connectivity index (χ4n) is 3.42. The summed E-state index contributed by atoms with van der Waals surface area (Å²) in [6.07, 6.45) is 0. The summed E-state index contributed by atoms with van der Waals surface area (Å²) < 4.78 is 10.9. The number of amides is 2. The Morgan fingerprint density at radius 3 is 1.44 bits per heavy atom. The second kappa shape index (κ2) is 10.4. The van der Waals surface area contributed by atoms with Crippen LogP contribution in [-0.2, 0) is 15.0 Å². The van der Waals surface area contributed by atoms with Crippen molar-refractivity contribution in [1.82, 2.24) is 10.9 Å². The number of rotatable bonds is 9.